The zero-order chi connectivity index (χ0) is 28.4. The first kappa shape index (κ1) is 22.5. The normalized spacial score (nSPS) is 14.2. The van der Waals surface area contributed by atoms with E-state index in [0.717, 1.165) is 41.6 Å². The molecular formula is C31H29F3N2O. The molecule has 0 bridgehead atoms. The molecule has 190 valence electrons. The van der Waals surface area contributed by atoms with Crippen LogP contribution in [-0.4, -0.2) is 16.1 Å². The zero-order valence-electron chi connectivity index (χ0n) is 23.4. The van der Waals surface area contributed by atoms with Crippen LogP contribution in [-0.2, 0) is 11.8 Å². The van der Waals surface area contributed by atoms with Crippen LogP contribution in [0.1, 0.15) is 48.8 Å². The van der Waals surface area contributed by atoms with E-state index in [1.54, 1.807) is 24.4 Å². The van der Waals surface area contributed by atoms with Crippen LogP contribution in [0.3, 0.4) is 0 Å². The van der Waals surface area contributed by atoms with Gasteiger partial charge in [0, 0.05) is 20.9 Å². The molecule has 37 heavy (non-hydrogen) atoms. The van der Waals surface area contributed by atoms with Crippen LogP contribution in [0.25, 0.3) is 44.3 Å². The number of halogens is 3. The van der Waals surface area contributed by atoms with Gasteiger partial charge < -0.3 is 4.42 Å². The molecule has 0 spiro atoms. The molecule has 0 aliphatic rings. The Morgan fingerprint density at radius 1 is 0.838 bits per heavy atom. The smallest absolute Gasteiger partial charge is 0.394 e. The van der Waals surface area contributed by atoms with Crippen LogP contribution >= 0.6 is 0 Å². The summed E-state index contributed by atoms with van der Waals surface area (Å²) in [5, 5.41) is 2.32. The van der Waals surface area contributed by atoms with Crippen molar-refractivity contribution in [1.29, 1.82) is 0 Å². The molecule has 3 aromatic carbocycles. The molecule has 0 aliphatic heterocycles. The Hall–Kier alpha value is -3.67. The maximum Gasteiger partial charge on any atom is 0.394 e. The van der Waals surface area contributed by atoms with Gasteiger partial charge in [0.25, 0.3) is 0 Å². The number of benzene rings is 3. The van der Waals surface area contributed by atoms with Gasteiger partial charge in [-0.05, 0) is 69.3 Å². The third kappa shape index (κ3) is 4.85. The lowest BCUT2D eigenvalue weighted by molar-refractivity contribution is -0.212. The van der Waals surface area contributed by atoms with Gasteiger partial charge in [0.1, 0.15) is 5.52 Å². The first-order valence-corrected chi connectivity index (χ1v) is 12.1. The Kier molecular flexibility index (Phi) is 5.31. The highest BCUT2D eigenvalue weighted by molar-refractivity contribution is 5.91. The van der Waals surface area contributed by atoms with Gasteiger partial charge >= 0.3 is 6.18 Å². The number of pyridine rings is 1. The Morgan fingerprint density at radius 3 is 2.30 bits per heavy atom. The molecule has 3 nitrogen and oxygen atoms in total. The molecule has 5 rings (SSSR count). The fraction of sp³-hybridized carbons (Fsp3) is 0.290. The van der Waals surface area contributed by atoms with E-state index in [1.165, 1.54) is 10.9 Å². The quantitative estimate of drug-likeness (QED) is 0.245. The van der Waals surface area contributed by atoms with Crippen molar-refractivity contribution >= 4 is 21.9 Å². The molecule has 5 aromatic rings. The van der Waals surface area contributed by atoms with Crippen molar-refractivity contribution in [1.82, 2.24) is 9.97 Å². The van der Waals surface area contributed by atoms with Gasteiger partial charge in [-0.1, -0.05) is 65.0 Å². The second kappa shape index (κ2) is 8.72. The fourth-order valence-corrected chi connectivity index (χ4v) is 4.35. The largest absolute Gasteiger partial charge is 0.441 e. The molecule has 6 heteroatoms. The molecule has 0 fully saturated rings. The molecule has 0 aliphatic carbocycles. The Balaban J connectivity index is 1.56. The topological polar surface area (TPSA) is 38.9 Å². The molecule has 0 atom stereocenters. The minimum Gasteiger partial charge on any atom is -0.441 e. The summed E-state index contributed by atoms with van der Waals surface area (Å²) in [5.41, 5.74) is 2.31. The van der Waals surface area contributed by atoms with Gasteiger partial charge in [-0.2, -0.15) is 13.2 Å². The summed E-state index contributed by atoms with van der Waals surface area (Å²) in [7, 11) is 0. The summed E-state index contributed by atoms with van der Waals surface area (Å²) in [5.74, 6) is -0.599. The molecule has 0 radical (unpaired) electrons. The van der Waals surface area contributed by atoms with Gasteiger partial charge in [0.05, 0.1) is 11.1 Å². The minimum atomic E-state index is -4.79. The summed E-state index contributed by atoms with van der Waals surface area (Å²) in [6.07, 6.45) is -5.93. The first-order valence-electron chi connectivity index (χ1n) is 13.1. The van der Waals surface area contributed by atoms with Gasteiger partial charge in [-0.3, -0.25) is 4.98 Å². The van der Waals surface area contributed by atoms with Crippen LogP contribution < -0.4 is 0 Å². The molecular weight excluding hydrogens is 473 g/mol. The van der Waals surface area contributed by atoms with Crippen LogP contribution in [0.5, 0.6) is 0 Å². The van der Waals surface area contributed by atoms with Crippen molar-refractivity contribution in [3.8, 4) is 22.4 Å². The Morgan fingerprint density at radius 2 is 1.57 bits per heavy atom. The van der Waals surface area contributed by atoms with Crippen LogP contribution in [0.15, 0.2) is 77.3 Å². The van der Waals surface area contributed by atoms with Crippen LogP contribution in [0.2, 0.25) is 0 Å². The standard InChI is InChI=1S/C31H29F3N2O/c1-29(2,3)24-15-22(14-21-8-6-7-9-23(21)24)25-16-20(12-13-35-25)19-10-11-27-26(17-19)36-28(37-27)18-30(4,5)31(32,33)34/h6-17H,18H2,1-5H3/i18D2. The molecule has 2 heterocycles. The molecule has 0 N–H and O–H groups in total. The lowest BCUT2D eigenvalue weighted by Crippen LogP contribution is -2.34. The van der Waals surface area contributed by atoms with Crippen molar-refractivity contribution < 1.29 is 20.3 Å². The zero-order valence-corrected chi connectivity index (χ0v) is 21.4. The predicted molar refractivity (Wildman–Crippen MR) is 142 cm³/mol. The average molecular weight is 505 g/mol. The SMILES string of the molecule is [2H]C([2H])(c1nc2cc(-c3ccnc(-c4cc(C(C)(C)C)c5ccccc5c4)c3)ccc2o1)C(C)(C)C(F)(F)F. The van der Waals surface area contributed by atoms with E-state index >= 15 is 0 Å². The van der Waals surface area contributed by atoms with E-state index in [4.69, 9.17) is 7.16 Å². The van der Waals surface area contributed by atoms with E-state index in [9.17, 15) is 13.2 Å². The minimum absolute atomic E-state index is 0.0749. The maximum atomic E-state index is 13.6. The molecule has 0 saturated heterocycles. The number of hydrogen-bond acceptors (Lipinski definition) is 3. The summed E-state index contributed by atoms with van der Waals surface area (Å²) in [4.78, 5) is 8.77. The van der Waals surface area contributed by atoms with Crippen molar-refractivity contribution in [3.05, 3.63) is 84.4 Å². The van der Waals surface area contributed by atoms with Crippen LogP contribution in [0, 0.1) is 5.41 Å². The van der Waals surface area contributed by atoms with Gasteiger partial charge in [-0.25, -0.2) is 4.98 Å². The monoisotopic (exact) mass is 504 g/mol. The highest BCUT2D eigenvalue weighted by Crippen LogP contribution is 2.41. The first-order chi connectivity index (χ1) is 18.1. The van der Waals surface area contributed by atoms with E-state index in [2.05, 4.69) is 55.0 Å². The average Bonchev–Trinajstić information content (AvgIpc) is 3.31. The van der Waals surface area contributed by atoms with Crippen LogP contribution in [0.4, 0.5) is 13.2 Å². The Labute approximate surface area is 217 Å². The number of alkyl halides is 3. The number of aromatic nitrogens is 2. The second-order valence-corrected chi connectivity index (χ2v) is 10.9. The summed E-state index contributed by atoms with van der Waals surface area (Å²) >= 11 is 0. The second-order valence-electron chi connectivity index (χ2n) is 10.9. The molecule has 0 amide bonds. The third-order valence-corrected chi connectivity index (χ3v) is 6.57. The lowest BCUT2D eigenvalue weighted by atomic mass is 9.82. The highest BCUT2D eigenvalue weighted by atomic mass is 19.4. The van der Waals surface area contributed by atoms with E-state index < -0.39 is 23.9 Å². The molecule has 0 saturated carbocycles. The number of rotatable bonds is 4. The lowest BCUT2D eigenvalue weighted by Gasteiger charge is -2.25. The van der Waals surface area contributed by atoms with E-state index in [0.29, 0.717) is 0 Å². The summed E-state index contributed by atoms with van der Waals surface area (Å²) in [6.45, 7) is 8.17. The van der Waals surface area contributed by atoms with Gasteiger partial charge in [0.2, 0.25) is 0 Å². The fourth-order valence-electron chi connectivity index (χ4n) is 4.35. The summed E-state index contributed by atoms with van der Waals surface area (Å²) in [6, 6.07) is 21.5. The Bertz CT molecular complexity index is 1700. The number of fused-ring (bicyclic) bond motifs is 2. The highest BCUT2D eigenvalue weighted by Gasteiger charge is 2.48. The van der Waals surface area contributed by atoms with Gasteiger partial charge in [-0.15, -0.1) is 0 Å². The molecule has 0 unspecified atom stereocenters. The van der Waals surface area contributed by atoms with E-state index in [1.807, 2.05) is 24.3 Å². The van der Waals surface area contributed by atoms with Crippen molar-refractivity contribution in [2.45, 2.75) is 52.6 Å². The molecule has 2 aromatic heterocycles. The van der Waals surface area contributed by atoms with Crippen molar-refractivity contribution in [3.63, 3.8) is 0 Å². The number of hydrogen-bond donors (Lipinski definition) is 0. The van der Waals surface area contributed by atoms with Crippen molar-refractivity contribution in [2.24, 2.45) is 5.41 Å². The maximum absolute atomic E-state index is 13.6. The van der Waals surface area contributed by atoms with Crippen molar-refractivity contribution in [2.75, 3.05) is 0 Å². The third-order valence-electron chi connectivity index (χ3n) is 6.57. The van der Waals surface area contributed by atoms with E-state index in [-0.39, 0.29) is 16.5 Å². The van der Waals surface area contributed by atoms with Gasteiger partial charge in [0.15, 0.2) is 11.5 Å². The number of nitrogens with zero attached hydrogens (tertiary/aromatic N) is 2. The number of oxazole rings is 1. The summed E-state index contributed by atoms with van der Waals surface area (Å²) < 4.78 is 62.7. The predicted octanol–water partition coefficient (Wildman–Crippen LogP) is 9.14.